The SMILES string of the molecule is COc1ncccc1C(=O)N1CCC[C@H](CCC(=O)N2CCN(Cc3ccccc3)CC2)C1. The lowest BCUT2D eigenvalue weighted by atomic mass is 9.92. The Balaban J connectivity index is 1.22. The van der Waals surface area contributed by atoms with E-state index < -0.39 is 0 Å². The van der Waals surface area contributed by atoms with Gasteiger partial charge in [0, 0.05) is 58.4 Å². The summed E-state index contributed by atoms with van der Waals surface area (Å²) in [5, 5.41) is 0. The number of carbonyl (C=O) groups is 2. The van der Waals surface area contributed by atoms with Gasteiger partial charge < -0.3 is 14.5 Å². The summed E-state index contributed by atoms with van der Waals surface area (Å²) in [6.07, 6.45) is 5.04. The Labute approximate surface area is 196 Å². The summed E-state index contributed by atoms with van der Waals surface area (Å²) in [6, 6.07) is 14.0. The van der Waals surface area contributed by atoms with Crippen LogP contribution in [0.3, 0.4) is 0 Å². The smallest absolute Gasteiger partial charge is 0.259 e. The summed E-state index contributed by atoms with van der Waals surface area (Å²) >= 11 is 0. The number of carbonyl (C=O) groups excluding carboxylic acids is 2. The molecule has 7 nitrogen and oxygen atoms in total. The van der Waals surface area contributed by atoms with E-state index in [2.05, 4.69) is 34.1 Å². The summed E-state index contributed by atoms with van der Waals surface area (Å²) in [7, 11) is 1.53. The van der Waals surface area contributed by atoms with Gasteiger partial charge in [-0.05, 0) is 42.9 Å². The number of methoxy groups -OCH3 is 1. The summed E-state index contributed by atoms with van der Waals surface area (Å²) in [6.45, 7) is 5.79. The van der Waals surface area contributed by atoms with Crippen molar-refractivity contribution >= 4 is 11.8 Å². The van der Waals surface area contributed by atoms with Crippen LogP contribution >= 0.6 is 0 Å². The van der Waals surface area contributed by atoms with Crippen molar-refractivity contribution in [2.24, 2.45) is 5.92 Å². The van der Waals surface area contributed by atoms with Crippen molar-refractivity contribution < 1.29 is 14.3 Å². The van der Waals surface area contributed by atoms with Crippen LogP contribution in [0.25, 0.3) is 0 Å². The Kier molecular flexibility index (Phi) is 7.94. The van der Waals surface area contributed by atoms with Crippen molar-refractivity contribution in [1.29, 1.82) is 0 Å². The maximum atomic E-state index is 13.0. The normalized spacial score (nSPS) is 19.4. The molecule has 0 bridgehead atoms. The molecule has 0 spiro atoms. The monoisotopic (exact) mass is 450 g/mol. The van der Waals surface area contributed by atoms with Crippen LogP contribution in [-0.2, 0) is 11.3 Å². The molecule has 2 aromatic rings. The summed E-state index contributed by atoms with van der Waals surface area (Å²) in [5.74, 6) is 0.928. The van der Waals surface area contributed by atoms with Gasteiger partial charge in [0.05, 0.1) is 7.11 Å². The number of piperazine rings is 1. The Morgan fingerprint density at radius 2 is 1.79 bits per heavy atom. The average molecular weight is 451 g/mol. The number of amides is 2. The first-order valence-electron chi connectivity index (χ1n) is 12.0. The van der Waals surface area contributed by atoms with Gasteiger partial charge in [-0.15, -0.1) is 0 Å². The molecule has 4 rings (SSSR count). The van der Waals surface area contributed by atoms with Crippen LogP contribution in [0.4, 0.5) is 0 Å². The van der Waals surface area contributed by atoms with Crippen LogP contribution in [0.5, 0.6) is 5.88 Å². The average Bonchev–Trinajstić information content (AvgIpc) is 2.88. The zero-order valence-corrected chi connectivity index (χ0v) is 19.5. The molecule has 33 heavy (non-hydrogen) atoms. The topological polar surface area (TPSA) is 66.0 Å². The molecular formula is C26H34N4O3. The van der Waals surface area contributed by atoms with Crippen molar-refractivity contribution in [3.05, 3.63) is 59.8 Å². The number of rotatable bonds is 7. The van der Waals surface area contributed by atoms with Gasteiger partial charge in [-0.1, -0.05) is 30.3 Å². The Bertz CT molecular complexity index is 928. The van der Waals surface area contributed by atoms with E-state index in [0.717, 1.165) is 58.5 Å². The maximum absolute atomic E-state index is 13.0. The lowest BCUT2D eigenvalue weighted by Crippen LogP contribution is -2.48. The predicted molar refractivity (Wildman–Crippen MR) is 127 cm³/mol. The molecule has 1 aromatic carbocycles. The summed E-state index contributed by atoms with van der Waals surface area (Å²) < 4.78 is 5.26. The van der Waals surface area contributed by atoms with Crippen LogP contribution in [0.15, 0.2) is 48.7 Å². The van der Waals surface area contributed by atoms with Gasteiger partial charge in [0.1, 0.15) is 5.56 Å². The first-order valence-corrected chi connectivity index (χ1v) is 12.0. The Morgan fingerprint density at radius 3 is 2.55 bits per heavy atom. The molecule has 7 heteroatoms. The molecule has 2 aliphatic heterocycles. The molecule has 3 heterocycles. The summed E-state index contributed by atoms with van der Waals surface area (Å²) in [4.78, 5) is 36.3. The molecule has 0 unspecified atom stereocenters. The van der Waals surface area contributed by atoms with Gasteiger partial charge in [-0.25, -0.2) is 4.98 Å². The molecule has 0 saturated carbocycles. The fourth-order valence-corrected chi connectivity index (χ4v) is 4.85. The second-order valence-electron chi connectivity index (χ2n) is 9.00. The molecule has 0 radical (unpaired) electrons. The molecule has 1 atom stereocenters. The van der Waals surface area contributed by atoms with Gasteiger partial charge >= 0.3 is 0 Å². The number of benzene rings is 1. The lowest BCUT2D eigenvalue weighted by molar-refractivity contribution is -0.133. The van der Waals surface area contributed by atoms with Gasteiger partial charge in [0.2, 0.25) is 11.8 Å². The fourth-order valence-electron chi connectivity index (χ4n) is 4.85. The molecule has 0 aliphatic carbocycles. The second-order valence-corrected chi connectivity index (χ2v) is 9.00. The predicted octanol–water partition coefficient (Wildman–Crippen LogP) is 3.07. The van der Waals surface area contributed by atoms with Crippen molar-refractivity contribution in [2.75, 3.05) is 46.4 Å². The first kappa shape index (κ1) is 23.2. The molecule has 2 aliphatic rings. The van der Waals surface area contributed by atoms with E-state index in [1.807, 2.05) is 15.9 Å². The van der Waals surface area contributed by atoms with E-state index in [4.69, 9.17) is 4.74 Å². The largest absolute Gasteiger partial charge is 0.480 e. The van der Waals surface area contributed by atoms with Crippen LogP contribution in [0, 0.1) is 5.92 Å². The van der Waals surface area contributed by atoms with Crippen molar-refractivity contribution in [1.82, 2.24) is 19.7 Å². The Hall–Kier alpha value is -2.93. The number of hydrogen-bond acceptors (Lipinski definition) is 5. The first-order chi connectivity index (χ1) is 16.1. The van der Waals surface area contributed by atoms with Crippen molar-refractivity contribution in [2.45, 2.75) is 32.2 Å². The Morgan fingerprint density at radius 1 is 1.00 bits per heavy atom. The van der Waals surface area contributed by atoms with Gasteiger partial charge in [-0.2, -0.15) is 0 Å². The fraction of sp³-hybridized carbons (Fsp3) is 0.500. The molecular weight excluding hydrogens is 416 g/mol. The number of pyridine rings is 1. The van der Waals surface area contributed by atoms with Crippen LogP contribution in [-0.4, -0.2) is 77.9 Å². The molecule has 2 amide bonds. The highest BCUT2D eigenvalue weighted by molar-refractivity contribution is 5.96. The van der Waals surface area contributed by atoms with E-state index >= 15 is 0 Å². The number of aromatic nitrogens is 1. The highest BCUT2D eigenvalue weighted by atomic mass is 16.5. The number of piperidine rings is 1. The number of likely N-dealkylation sites (tertiary alicyclic amines) is 1. The zero-order chi connectivity index (χ0) is 23.0. The van der Waals surface area contributed by atoms with Crippen molar-refractivity contribution in [3.8, 4) is 5.88 Å². The van der Waals surface area contributed by atoms with Gasteiger partial charge in [0.25, 0.3) is 5.91 Å². The quantitative estimate of drug-likeness (QED) is 0.649. The third-order valence-electron chi connectivity index (χ3n) is 6.74. The highest BCUT2D eigenvalue weighted by Crippen LogP contribution is 2.25. The molecule has 2 saturated heterocycles. The van der Waals surface area contributed by atoms with Crippen LogP contribution < -0.4 is 4.74 Å². The zero-order valence-electron chi connectivity index (χ0n) is 19.5. The summed E-state index contributed by atoms with van der Waals surface area (Å²) in [5.41, 5.74) is 1.82. The minimum absolute atomic E-state index is 0.0366. The van der Waals surface area contributed by atoms with E-state index in [0.29, 0.717) is 30.3 Å². The maximum Gasteiger partial charge on any atom is 0.259 e. The third-order valence-corrected chi connectivity index (χ3v) is 6.74. The van der Waals surface area contributed by atoms with E-state index in [1.54, 1.807) is 18.3 Å². The lowest BCUT2D eigenvalue weighted by Gasteiger charge is -2.36. The van der Waals surface area contributed by atoms with E-state index in [9.17, 15) is 9.59 Å². The third kappa shape index (κ3) is 6.11. The number of nitrogens with zero attached hydrogens (tertiary/aromatic N) is 4. The number of hydrogen-bond donors (Lipinski definition) is 0. The minimum Gasteiger partial charge on any atom is -0.480 e. The number of ether oxygens (including phenoxy) is 1. The standard InChI is InChI=1S/C26H34N4O3/c1-33-25-23(10-5-13-27-25)26(32)30-14-6-9-22(20-30)11-12-24(31)29-17-15-28(16-18-29)19-21-7-3-2-4-8-21/h2-5,7-8,10,13,22H,6,9,11-12,14-20H2,1H3/t22-/m1/s1. The molecule has 2 fully saturated rings. The molecule has 0 N–H and O–H groups in total. The van der Waals surface area contributed by atoms with E-state index in [1.165, 1.54) is 12.7 Å². The molecule has 176 valence electrons. The van der Waals surface area contributed by atoms with Crippen molar-refractivity contribution in [3.63, 3.8) is 0 Å². The minimum atomic E-state index is -0.0366. The van der Waals surface area contributed by atoms with Gasteiger partial charge in [-0.3, -0.25) is 14.5 Å². The second kappa shape index (κ2) is 11.3. The molecule has 1 aromatic heterocycles. The van der Waals surface area contributed by atoms with Crippen LogP contribution in [0.1, 0.15) is 41.6 Å². The van der Waals surface area contributed by atoms with E-state index in [-0.39, 0.29) is 11.8 Å². The highest BCUT2D eigenvalue weighted by Gasteiger charge is 2.28. The van der Waals surface area contributed by atoms with Crippen LogP contribution in [0.2, 0.25) is 0 Å². The van der Waals surface area contributed by atoms with Gasteiger partial charge in [0.15, 0.2) is 0 Å².